The molecule has 0 aliphatic carbocycles. The first kappa shape index (κ1) is 20.1. The lowest BCUT2D eigenvalue weighted by Crippen LogP contribution is -2.40. The fourth-order valence-electron chi connectivity index (χ4n) is 3.95. The number of amides is 1. The monoisotopic (exact) mass is 406 g/mol. The summed E-state index contributed by atoms with van der Waals surface area (Å²) in [5, 5.41) is 15.0. The van der Waals surface area contributed by atoms with Crippen molar-refractivity contribution in [1.82, 2.24) is 19.6 Å². The Morgan fingerprint density at radius 1 is 1.17 bits per heavy atom. The number of hydrogen-bond acceptors (Lipinski definition) is 5. The number of benzene rings is 2. The number of methoxy groups -OCH3 is 1. The second kappa shape index (κ2) is 8.69. The number of nitrogens with zero attached hydrogens (tertiary/aromatic N) is 4. The Bertz CT molecular complexity index is 988. The Balaban J connectivity index is 1.45. The van der Waals surface area contributed by atoms with Crippen molar-refractivity contribution in [2.24, 2.45) is 0 Å². The van der Waals surface area contributed by atoms with Gasteiger partial charge in [-0.05, 0) is 49.0 Å². The number of aromatic nitrogens is 2. The molecule has 2 heterocycles. The zero-order chi connectivity index (χ0) is 21.1. The highest BCUT2D eigenvalue weighted by atomic mass is 16.5. The third kappa shape index (κ3) is 4.08. The summed E-state index contributed by atoms with van der Waals surface area (Å²) in [6.07, 6.45) is 3.07. The van der Waals surface area contributed by atoms with E-state index in [0.717, 1.165) is 11.3 Å². The lowest BCUT2D eigenvalue weighted by Gasteiger charge is -2.27. The average Bonchev–Trinajstić information content (AvgIpc) is 3.44. The normalized spacial score (nSPS) is 18.7. The van der Waals surface area contributed by atoms with E-state index in [2.05, 4.69) is 16.1 Å². The zero-order valence-corrected chi connectivity index (χ0v) is 17.2. The van der Waals surface area contributed by atoms with Gasteiger partial charge in [0.05, 0.1) is 24.9 Å². The maximum absolute atomic E-state index is 12.9. The molecule has 1 aliphatic heterocycles. The van der Waals surface area contributed by atoms with Crippen molar-refractivity contribution >= 4 is 5.91 Å². The zero-order valence-electron chi connectivity index (χ0n) is 17.2. The molecular formula is C23H26N4O3. The molecule has 0 spiro atoms. The van der Waals surface area contributed by atoms with Crippen LogP contribution in [-0.4, -0.2) is 70.0 Å². The van der Waals surface area contributed by atoms with E-state index in [1.165, 1.54) is 0 Å². The first-order valence-corrected chi connectivity index (χ1v) is 9.96. The van der Waals surface area contributed by atoms with E-state index >= 15 is 0 Å². The van der Waals surface area contributed by atoms with Crippen molar-refractivity contribution in [1.29, 1.82) is 0 Å². The number of ether oxygens (including phenoxy) is 1. The van der Waals surface area contributed by atoms with Gasteiger partial charge in [-0.3, -0.25) is 9.69 Å². The molecule has 0 saturated carbocycles. The number of para-hydroxylation sites is 1. The highest BCUT2D eigenvalue weighted by Gasteiger charge is 2.36. The molecule has 0 radical (unpaired) electrons. The maximum atomic E-state index is 12.9. The van der Waals surface area contributed by atoms with Gasteiger partial charge in [0.25, 0.3) is 5.91 Å². The third-order valence-electron chi connectivity index (χ3n) is 5.61. The molecule has 1 aromatic heterocycles. The molecule has 2 atom stereocenters. The molecule has 1 aliphatic rings. The molecule has 7 nitrogen and oxygen atoms in total. The van der Waals surface area contributed by atoms with Gasteiger partial charge in [-0.1, -0.05) is 18.2 Å². The van der Waals surface area contributed by atoms with Gasteiger partial charge >= 0.3 is 0 Å². The topological polar surface area (TPSA) is 70.8 Å². The molecular weight excluding hydrogens is 380 g/mol. The van der Waals surface area contributed by atoms with Crippen LogP contribution in [0.5, 0.6) is 5.75 Å². The molecule has 0 unspecified atom stereocenters. The number of likely N-dealkylation sites (N-methyl/N-ethyl adjacent to an activating group) is 1. The van der Waals surface area contributed by atoms with Crippen LogP contribution in [0.2, 0.25) is 0 Å². The molecule has 1 saturated heterocycles. The summed E-state index contributed by atoms with van der Waals surface area (Å²) in [7, 11) is 3.58. The lowest BCUT2D eigenvalue weighted by atomic mass is 10.1. The Morgan fingerprint density at radius 2 is 1.93 bits per heavy atom. The van der Waals surface area contributed by atoms with Gasteiger partial charge in [-0.2, -0.15) is 5.10 Å². The summed E-state index contributed by atoms with van der Waals surface area (Å²) in [6.45, 7) is 1.44. The predicted molar refractivity (Wildman–Crippen MR) is 114 cm³/mol. The molecule has 156 valence electrons. The van der Waals surface area contributed by atoms with Gasteiger partial charge in [0.1, 0.15) is 5.75 Å². The van der Waals surface area contributed by atoms with E-state index in [-0.39, 0.29) is 11.9 Å². The van der Waals surface area contributed by atoms with Gasteiger partial charge in [0.15, 0.2) is 0 Å². The molecule has 1 amide bonds. The van der Waals surface area contributed by atoms with Crippen LogP contribution in [0.1, 0.15) is 15.9 Å². The largest absolute Gasteiger partial charge is 0.497 e. The van der Waals surface area contributed by atoms with Crippen LogP contribution < -0.4 is 4.74 Å². The van der Waals surface area contributed by atoms with Gasteiger partial charge in [-0.25, -0.2) is 4.68 Å². The van der Waals surface area contributed by atoms with Crippen LogP contribution in [0.15, 0.2) is 67.0 Å². The Labute approximate surface area is 176 Å². The Kier molecular flexibility index (Phi) is 5.83. The second-order valence-corrected chi connectivity index (χ2v) is 7.57. The first-order chi connectivity index (χ1) is 14.6. The molecule has 7 heteroatoms. The van der Waals surface area contributed by atoms with E-state index in [9.17, 15) is 9.90 Å². The SMILES string of the molecule is COc1ccc(C(=O)N2C[C@@H](O)[C@H](N(C)Cc3ccccc3-n3cccn3)C2)cc1. The number of likely N-dealkylation sites (tertiary alicyclic amines) is 1. The van der Waals surface area contributed by atoms with Crippen molar-refractivity contribution in [3.8, 4) is 11.4 Å². The van der Waals surface area contributed by atoms with Gasteiger partial charge in [0.2, 0.25) is 0 Å². The molecule has 2 aromatic carbocycles. The van der Waals surface area contributed by atoms with Crippen molar-refractivity contribution in [2.45, 2.75) is 18.7 Å². The van der Waals surface area contributed by atoms with E-state index in [1.807, 2.05) is 42.2 Å². The number of carbonyl (C=O) groups excluding carboxylic acids is 1. The quantitative estimate of drug-likeness (QED) is 0.680. The molecule has 1 fully saturated rings. The molecule has 30 heavy (non-hydrogen) atoms. The van der Waals surface area contributed by atoms with Gasteiger partial charge < -0.3 is 14.7 Å². The van der Waals surface area contributed by atoms with Crippen molar-refractivity contribution in [3.63, 3.8) is 0 Å². The number of hydrogen-bond donors (Lipinski definition) is 1. The summed E-state index contributed by atoms with van der Waals surface area (Å²) in [5.74, 6) is 0.631. The lowest BCUT2D eigenvalue weighted by molar-refractivity contribution is 0.0763. The standard InChI is InChI=1S/C23H26N4O3/c1-25(14-18-6-3-4-7-20(18)27-13-5-12-24-27)21-15-26(16-22(21)28)23(29)17-8-10-19(30-2)11-9-17/h3-13,21-22,28H,14-16H2,1-2H3/t21-,22-/m1/s1. The smallest absolute Gasteiger partial charge is 0.254 e. The van der Waals surface area contributed by atoms with Gasteiger partial charge in [-0.15, -0.1) is 0 Å². The summed E-state index contributed by atoms with van der Waals surface area (Å²) in [5.41, 5.74) is 2.71. The molecule has 3 aromatic rings. The number of β-amino-alcohol motifs (C(OH)–C–C–N with tert-alkyl or cyclic N) is 1. The number of aliphatic hydroxyl groups is 1. The minimum atomic E-state index is -0.603. The van der Waals surface area contributed by atoms with Crippen LogP contribution in [0.3, 0.4) is 0 Å². The summed E-state index contributed by atoms with van der Waals surface area (Å²) in [4.78, 5) is 16.7. The highest BCUT2D eigenvalue weighted by Crippen LogP contribution is 2.22. The fraction of sp³-hybridized carbons (Fsp3) is 0.304. The number of aliphatic hydroxyl groups excluding tert-OH is 1. The van der Waals surface area contributed by atoms with Gasteiger partial charge in [0, 0.05) is 37.6 Å². The summed E-state index contributed by atoms with van der Waals surface area (Å²) >= 11 is 0. The van der Waals surface area contributed by atoms with Crippen LogP contribution >= 0.6 is 0 Å². The third-order valence-corrected chi connectivity index (χ3v) is 5.61. The van der Waals surface area contributed by atoms with Crippen molar-refractivity contribution in [3.05, 3.63) is 78.1 Å². The molecule has 4 rings (SSSR count). The van der Waals surface area contributed by atoms with Crippen molar-refractivity contribution in [2.75, 3.05) is 27.2 Å². The molecule has 0 bridgehead atoms. The van der Waals surface area contributed by atoms with Crippen LogP contribution in [0.4, 0.5) is 0 Å². The second-order valence-electron chi connectivity index (χ2n) is 7.57. The minimum Gasteiger partial charge on any atom is -0.497 e. The van der Waals surface area contributed by atoms with Crippen LogP contribution in [0, 0.1) is 0 Å². The summed E-state index contributed by atoms with van der Waals surface area (Å²) in [6, 6.07) is 16.9. The first-order valence-electron chi connectivity index (χ1n) is 9.96. The Hall–Kier alpha value is -3.16. The average molecular weight is 406 g/mol. The van der Waals surface area contributed by atoms with E-state index in [4.69, 9.17) is 4.74 Å². The van der Waals surface area contributed by atoms with E-state index < -0.39 is 6.10 Å². The van der Waals surface area contributed by atoms with Crippen LogP contribution in [0.25, 0.3) is 5.69 Å². The summed E-state index contributed by atoms with van der Waals surface area (Å²) < 4.78 is 7.00. The Morgan fingerprint density at radius 3 is 2.63 bits per heavy atom. The van der Waals surface area contributed by atoms with Crippen LogP contribution in [-0.2, 0) is 6.54 Å². The fourth-order valence-corrected chi connectivity index (χ4v) is 3.95. The predicted octanol–water partition coefficient (Wildman–Crippen LogP) is 2.20. The van der Waals surface area contributed by atoms with E-state index in [1.54, 1.807) is 42.5 Å². The number of rotatable bonds is 6. The number of carbonyl (C=O) groups is 1. The highest BCUT2D eigenvalue weighted by molar-refractivity contribution is 5.94. The molecule has 1 N–H and O–H groups in total. The van der Waals surface area contributed by atoms with E-state index in [0.29, 0.717) is 30.9 Å². The minimum absolute atomic E-state index is 0.0791. The maximum Gasteiger partial charge on any atom is 0.254 e. The van der Waals surface area contributed by atoms with Crippen molar-refractivity contribution < 1.29 is 14.6 Å².